The van der Waals surface area contributed by atoms with E-state index in [4.69, 9.17) is 19.6 Å². The van der Waals surface area contributed by atoms with E-state index in [0.717, 1.165) is 11.1 Å². The second-order valence-corrected chi connectivity index (χ2v) is 9.95. The number of hydrogen-bond donors (Lipinski definition) is 2. The predicted octanol–water partition coefficient (Wildman–Crippen LogP) is 3.96. The second-order valence-electron chi connectivity index (χ2n) is 9.95. The Morgan fingerprint density at radius 2 is 1.89 bits per heavy atom. The summed E-state index contributed by atoms with van der Waals surface area (Å²) in [6, 6.07) is 5.28. The highest BCUT2D eigenvalue weighted by Gasteiger charge is 2.32. The van der Waals surface area contributed by atoms with E-state index in [2.05, 4.69) is 31.1 Å². The van der Waals surface area contributed by atoms with E-state index in [-0.39, 0.29) is 35.4 Å². The lowest BCUT2D eigenvalue weighted by Gasteiger charge is -2.26. The summed E-state index contributed by atoms with van der Waals surface area (Å²) in [5, 5.41) is 11.2. The summed E-state index contributed by atoms with van der Waals surface area (Å²) >= 11 is 0. The Hall–Kier alpha value is -3.62. The third-order valence-corrected chi connectivity index (χ3v) is 5.80. The summed E-state index contributed by atoms with van der Waals surface area (Å²) in [6.45, 7) is 12.5. The molecule has 2 aromatic rings. The van der Waals surface area contributed by atoms with E-state index < -0.39 is 5.91 Å². The first-order chi connectivity index (χ1) is 16.9. The van der Waals surface area contributed by atoms with Gasteiger partial charge in [0.2, 0.25) is 0 Å². The summed E-state index contributed by atoms with van der Waals surface area (Å²) in [7, 11) is 3.11. The number of methoxy groups -OCH3 is 1. The van der Waals surface area contributed by atoms with Crippen LogP contribution < -0.4 is 19.5 Å². The molecule has 1 aromatic heterocycles. The fraction of sp³-hybridized carbons (Fsp3) is 0.481. The Morgan fingerprint density at radius 1 is 1.19 bits per heavy atom. The number of pyridine rings is 1. The first-order valence-electron chi connectivity index (χ1n) is 12.1. The number of amides is 1. The van der Waals surface area contributed by atoms with Crippen molar-refractivity contribution >= 4 is 17.5 Å². The van der Waals surface area contributed by atoms with Crippen LogP contribution in [0.25, 0.3) is 0 Å². The second kappa shape index (κ2) is 10.6. The molecule has 0 radical (unpaired) electrons. The molecule has 1 aliphatic heterocycles. The number of carbonyl (C=O) groups excluding carboxylic acids is 2. The molecule has 0 fully saturated rings. The number of Topliss-reactive ketones (excluding diaryl/α,β-unsaturated/α-hetero) is 1. The number of ether oxygens (including phenoxy) is 3. The van der Waals surface area contributed by atoms with E-state index >= 15 is 0 Å². The quantitative estimate of drug-likeness (QED) is 0.505. The SMILES string of the molecule is CCOc1cc2c(nc1C(=O)NC)C(=N)N(CC(=O)c1cc(OC(C)C)c(OC)c(C(C)(C)C)c1)C2. The maximum Gasteiger partial charge on any atom is 0.273 e. The van der Waals surface area contributed by atoms with Gasteiger partial charge in [-0.25, -0.2) is 4.98 Å². The van der Waals surface area contributed by atoms with Crippen molar-refractivity contribution in [2.75, 3.05) is 27.3 Å². The topological polar surface area (TPSA) is 114 Å². The number of carbonyl (C=O) groups is 2. The Balaban J connectivity index is 1.94. The fourth-order valence-corrected chi connectivity index (χ4v) is 4.11. The summed E-state index contributed by atoms with van der Waals surface area (Å²) in [5.74, 6) is 1.02. The maximum absolute atomic E-state index is 13.5. The highest BCUT2D eigenvalue weighted by Crippen LogP contribution is 2.40. The van der Waals surface area contributed by atoms with Crippen molar-refractivity contribution in [2.24, 2.45) is 0 Å². The lowest BCUT2D eigenvalue weighted by Crippen LogP contribution is -2.31. The number of aromatic nitrogens is 1. The van der Waals surface area contributed by atoms with Crippen LogP contribution in [0, 0.1) is 5.41 Å². The number of rotatable bonds is 9. The molecule has 1 aromatic carbocycles. The summed E-state index contributed by atoms with van der Waals surface area (Å²) in [6.07, 6.45) is -0.0987. The normalized spacial score (nSPS) is 13.0. The maximum atomic E-state index is 13.5. The number of ketones is 1. The number of fused-ring (bicyclic) bond motifs is 1. The van der Waals surface area contributed by atoms with E-state index in [1.807, 2.05) is 26.8 Å². The average molecular weight is 497 g/mol. The van der Waals surface area contributed by atoms with Crippen molar-refractivity contribution in [1.29, 1.82) is 5.41 Å². The van der Waals surface area contributed by atoms with Crippen LogP contribution in [0.5, 0.6) is 17.2 Å². The molecule has 36 heavy (non-hydrogen) atoms. The minimum atomic E-state index is -0.394. The monoisotopic (exact) mass is 496 g/mol. The molecule has 1 aliphatic rings. The standard InChI is InChI=1S/C27H36N4O5/c1-9-35-20-12-17-13-31(25(28)22(17)30-23(20)26(33)29-7)14-19(32)16-10-18(27(4,5)6)24(34-8)21(11-16)36-15(2)3/h10-12,15,28H,9,13-14H2,1-8H3,(H,29,33). The molecule has 0 spiro atoms. The van der Waals surface area contributed by atoms with Gasteiger partial charge in [-0.1, -0.05) is 20.8 Å². The van der Waals surface area contributed by atoms with Gasteiger partial charge in [0.15, 0.2) is 28.7 Å². The third-order valence-electron chi connectivity index (χ3n) is 5.80. The molecular formula is C27H36N4O5. The molecule has 9 nitrogen and oxygen atoms in total. The van der Waals surface area contributed by atoms with Crippen molar-refractivity contribution in [1.82, 2.24) is 15.2 Å². The van der Waals surface area contributed by atoms with Crippen LogP contribution in [0.3, 0.4) is 0 Å². The minimum absolute atomic E-state index is 0.0223. The Morgan fingerprint density at radius 3 is 2.44 bits per heavy atom. The van der Waals surface area contributed by atoms with Crippen LogP contribution in [0.1, 0.15) is 79.2 Å². The molecular weight excluding hydrogens is 460 g/mol. The molecule has 9 heteroatoms. The molecule has 0 atom stereocenters. The summed E-state index contributed by atoms with van der Waals surface area (Å²) < 4.78 is 17.3. The zero-order valence-corrected chi connectivity index (χ0v) is 22.4. The molecule has 1 amide bonds. The van der Waals surface area contributed by atoms with Crippen molar-refractivity contribution in [3.8, 4) is 17.2 Å². The van der Waals surface area contributed by atoms with Gasteiger partial charge in [-0.2, -0.15) is 0 Å². The largest absolute Gasteiger partial charge is 0.493 e. The predicted molar refractivity (Wildman–Crippen MR) is 138 cm³/mol. The first kappa shape index (κ1) is 27.0. The number of benzene rings is 1. The Labute approximate surface area is 212 Å². The van der Waals surface area contributed by atoms with Crippen LogP contribution >= 0.6 is 0 Å². The van der Waals surface area contributed by atoms with Gasteiger partial charge in [0.25, 0.3) is 5.91 Å². The first-order valence-corrected chi connectivity index (χ1v) is 12.1. The van der Waals surface area contributed by atoms with Gasteiger partial charge in [-0.3, -0.25) is 15.0 Å². The zero-order chi connectivity index (χ0) is 26.8. The zero-order valence-electron chi connectivity index (χ0n) is 22.4. The van der Waals surface area contributed by atoms with Gasteiger partial charge >= 0.3 is 0 Å². The highest BCUT2D eigenvalue weighted by molar-refractivity contribution is 6.05. The van der Waals surface area contributed by atoms with Crippen LogP contribution in [-0.2, 0) is 12.0 Å². The van der Waals surface area contributed by atoms with E-state index in [1.165, 1.54) is 7.05 Å². The summed E-state index contributed by atoms with van der Waals surface area (Å²) in [5.41, 5.74) is 2.29. The third kappa shape index (κ3) is 5.45. The number of amidine groups is 1. The van der Waals surface area contributed by atoms with Crippen LogP contribution in [0.15, 0.2) is 18.2 Å². The Kier molecular flexibility index (Phi) is 7.91. The van der Waals surface area contributed by atoms with Gasteiger partial charge in [-0.05, 0) is 44.4 Å². The van der Waals surface area contributed by atoms with Crippen molar-refractivity contribution < 1.29 is 23.8 Å². The van der Waals surface area contributed by atoms with Crippen LogP contribution in [0.4, 0.5) is 0 Å². The highest BCUT2D eigenvalue weighted by atomic mass is 16.5. The molecule has 0 saturated heterocycles. The smallest absolute Gasteiger partial charge is 0.273 e. The number of hydrogen-bond acceptors (Lipinski definition) is 7. The molecule has 0 bridgehead atoms. The van der Waals surface area contributed by atoms with Gasteiger partial charge in [0.1, 0.15) is 11.5 Å². The van der Waals surface area contributed by atoms with Crippen LogP contribution in [0.2, 0.25) is 0 Å². The molecule has 0 unspecified atom stereocenters. The van der Waals surface area contributed by atoms with Gasteiger partial charge in [0.05, 0.1) is 26.4 Å². The van der Waals surface area contributed by atoms with Crippen molar-refractivity contribution in [3.63, 3.8) is 0 Å². The van der Waals surface area contributed by atoms with Gasteiger partial charge in [-0.15, -0.1) is 0 Å². The molecule has 2 heterocycles. The molecule has 0 saturated carbocycles. The molecule has 2 N–H and O–H groups in total. The van der Waals surface area contributed by atoms with Crippen LogP contribution in [-0.4, -0.2) is 60.8 Å². The van der Waals surface area contributed by atoms with E-state index in [9.17, 15) is 9.59 Å². The Bertz CT molecular complexity index is 1180. The lowest BCUT2D eigenvalue weighted by molar-refractivity contribution is 0.0949. The van der Waals surface area contributed by atoms with Crippen molar-refractivity contribution in [3.05, 3.63) is 46.3 Å². The van der Waals surface area contributed by atoms with Gasteiger partial charge < -0.3 is 24.4 Å². The average Bonchev–Trinajstić information content (AvgIpc) is 3.10. The number of nitrogens with zero attached hydrogens (tertiary/aromatic N) is 2. The summed E-state index contributed by atoms with van der Waals surface area (Å²) in [4.78, 5) is 31.8. The van der Waals surface area contributed by atoms with Gasteiger partial charge in [0, 0.05) is 30.3 Å². The fourth-order valence-electron chi connectivity index (χ4n) is 4.11. The molecule has 3 rings (SSSR count). The molecule has 0 aliphatic carbocycles. The molecule has 194 valence electrons. The number of nitrogens with one attached hydrogen (secondary N) is 2. The lowest BCUT2D eigenvalue weighted by atomic mass is 9.84. The van der Waals surface area contributed by atoms with Crippen molar-refractivity contribution in [2.45, 2.75) is 59.6 Å². The van der Waals surface area contributed by atoms with E-state index in [1.54, 1.807) is 24.1 Å². The van der Waals surface area contributed by atoms with E-state index in [0.29, 0.717) is 41.7 Å². The minimum Gasteiger partial charge on any atom is -0.493 e.